The summed E-state index contributed by atoms with van der Waals surface area (Å²) in [6.07, 6.45) is 2.08. The van der Waals surface area contributed by atoms with E-state index < -0.39 is 17.7 Å². The van der Waals surface area contributed by atoms with Crippen molar-refractivity contribution in [2.45, 2.75) is 24.2 Å². The lowest BCUT2D eigenvalue weighted by Gasteiger charge is -2.23. The topological polar surface area (TPSA) is 117 Å². The van der Waals surface area contributed by atoms with Crippen molar-refractivity contribution in [3.63, 3.8) is 0 Å². The predicted molar refractivity (Wildman–Crippen MR) is 70.6 cm³/mol. The fourth-order valence-electron chi connectivity index (χ4n) is 3.82. The summed E-state index contributed by atoms with van der Waals surface area (Å²) < 4.78 is 1.81. The van der Waals surface area contributed by atoms with Crippen LogP contribution in [0.5, 0.6) is 0 Å². The van der Waals surface area contributed by atoms with Gasteiger partial charge in [0.15, 0.2) is 5.65 Å². The molecule has 5 unspecified atom stereocenters. The number of aromatic nitrogens is 3. The highest BCUT2D eigenvalue weighted by atomic mass is 16.3. The van der Waals surface area contributed by atoms with E-state index in [0.717, 1.165) is 0 Å². The maximum absolute atomic E-state index is 10.4. The Morgan fingerprint density at radius 2 is 2.20 bits per heavy atom. The van der Waals surface area contributed by atoms with Gasteiger partial charge in [-0.1, -0.05) is 0 Å². The van der Waals surface area contributed by atoms with Crippen molar-refractivity contribution < 1.29 is 15.3 Å². The van der Waals surface area contributed by atoms with E-state index in [1.54, 1.807) is 18.6 Å². The minimum absolute atomic E-state index is 0.0399. The van der Waals surface area contributed by atoms with Crippen LogP contribution in [-0.2, 0) is 5.54 Å². The van der Waals surface area contributed by atoms with Gasteiger partial charge in [0, 0.05) is 18.7 Å². The molecule has 5 atom stereocenters. The van der Waals surface area contributed by atoms with E-state index in [4.69, 9.17) is 5.73 Å². The summed E-state index contributed by atoms with van der Waals surface area (Å²) >= 11 is 0. The molecule has 0 bridgehead atoms. The highest BCUT2D eigenvalue weighted by molar-refractivity contribution is 5.84. The maximum Gasteiger partial charge on any atom is 0.162 e. The molecule has 0 aromatic carbocycles. The van der Waals surface area contributed by atoms with E-state index in [1.807, 2.05) is 4.57 Å². The molecular formula is C13H16N4O3. The first kappa shape index (κ1) is 12.1. The van der Waals surface area contributed by atoms with E-state index in [9.17, 15) is 15.3 Å². The van der Waals surface area contributed by atoms with Crippen LogP contribution in [0.2, 0.25) is 0 Å². The predicted octanol–water partition coefficient (Wildman–Crippen LogP) is -0.927. The Labute approximate surface area is 114 Å². The van der Waals surface area contributed by atoms with Gasteiger partial charge < -0.3 is 25.6 Å². The van der Waals surface area contributed by atoms with Gasteiger partial charge in [-0.3, -0.25) is 0 Å². The molecule has 20 heavy (non-hydrogen) atoms. The summed E-state index contributed by atoms with van der Waals surface area (Å²) in [5.74, 6) is -0.262. The number of nitrogens with two attached hydrogens (primary N) is 1. The van der Waals surface area contributed by atoms with Crippen molar-refractivity contribution in [3.05, 3.63) is 18.6 Å². The Balaban J connectivity index is 1.87. The lowest BCUT2D eigenvalue weighted by Crippen LogP contribution is -2.38. The average Bonchev–Trinajstić information content (AvgIpc) is 2.93. The van der Waals surface area contributed by atoms with E-state index in [-0.39, 0.29) is 18.4 Å². The molecule has 0 radical (unpaired) electrons. The molecule has 2 aromatic heterocycles. The van der Waals surface area contributed by atoms with Gasteiger partial charge in [-0.05, 0) is 18.4 Å². The number of hydrogen-bond donors (Lipinski definition) is 4. The molecule has 4 rings (SSSR count). The van der Waals surface area contributed by atoms with Gasteiger partial charge in [0.05, 0.1) is 23.7 Å². The normalized spacial score (nSPS) is 39.1. The molecule has 2 saturated carbocycles. The Morgan fingerprint density at radius 1 is 1.40 bits per heavy atom. The third kappa shape index (κ3) is 1.20. The van der Waals surface area contributed by atoms with Gasteiger partial charge in [0.1, 0.15) is 11.6 Å². The van der Waals surface area contributed by atoms with Crippen molar-refractivity contribution in [2.75, 3.05) is 12.3 Å². The van der Waals surface area contributed by atoms with E-state index in [2.05, 4.69) is 9.97 Å². The fraction of sp³-hybridized carbons (Fsp3) is 0.538. The molecule has 2 aliphatic rings. The number of pyridine rings is 1. The summed E-state index contributed by atoms with van der Waals surface area (Å²) in [5, 5.41) is 29.8. The zero-order valence-corrected chi connectivity index (χ0v) is 10.7. The largest absolute Gasteiger partial charge is 0.397 e. The Kier molecular flexibility index (Phi) is 2.23. The average molecular weight is 276 g/mol. The van der Waals surface area contributed by atoms with Gasteiger partial charge in [-0.15, -0.1) is 0 Å². The number of aliphatic hydroxyl groups excluding tert-OH is 3. The number of rotatable bonds is 2. The quantitative estimate of drug-likeness (QED) is 0.563. The van der Waals surface area contributed by atoms with Crippen LogP contribution in [0.1, 0.15) is 6.42 Å². The van der Waals surface area contributed by atoms with Crippen LogP contribution in [0.3, 0.4) is 0 Å². The molecular weight excluding hydrogens is 260 g/mol. The molecule has 2 heterocycles. The van der Waals surface area contributed by atoms with Gasteiger partial charge in [0.25, 0.3) is 0 Å². The third-order valence-electron chi connectivity index (χ3n) is 4.95. The monoisotopic (exact) mass is 276 g/mol. The zero-order chi connectivity index (χ0) is 14.1. The standard InChI is InChI=1S/C13H16N4O3/c14-8-1-2-15-12-9(8)16-5-17(12)13-3-7(13)6(4-18)10(19)11(13)20/h1-2,5-7,10-11,18-20H,3-4H2,(H2,14,15). The van der Waals surface area contributed by atoms with Crippen molar-refractivity contribution in [2.24, 2.45) is 11.8 Å². The van der Waals surface area contributed by atoms with Crippen LogP contribution in [0.15, 0.2) is 18.6 Å². The number of nitrogens with zero attached hydrogens (tertiary/aromatic N) is 3. The summed E-state index contributed by atoms with van der Waals surface area (Å²) in [6.45, 7) is -0.132. The SMILES string of the molecule is Nc1ccnc2c1ncn2C12CC1C(CO)C(O)C2O. The van der Waals surface area contributed by atoms with Gasteiger partial charge in [-0.25, -0.2) is 9.97 Å². The first-order valence-corrected chi connectivity index (χ1v) is 6.66. The molecule has 5 N–H and O–H groups in total. The van der Waals surface area contributed by atoms with Gasteiger partial charge in [-0.2, -0.15) is 0 Å². The molecule has 7 heteroatoms. The Bertz CT molecular complexity index is 687. The van der Waals surface area contributed by atoms with Crippen LogP contribution in [-0.4, -0.2) is 48.7 Å². The molecule has 2 fully saturated rings. The second-order valence-corrected chi connectivity index (χ2v) is 5.77. The van der Waals surface area contributed by atoms with Crippen molar-refractivity contribution >= 4 is 16.9 Å². The summed E-state index contributed by atoms with van der Waals surface area (Å²) in [7, 11) is 0. The van der Waals surface area contributed by atoms with E-state index in [1.165, 1.54) is 0 Å². The zero-order valence-electron chi connectivity index (χ0n) is 10.7. The van der Waals surface area contributed by atoms with Crippen LogP contribution in [0.25, 0.3) is 11.2 Å². The van der Waals surface area contributed by atoms with Crippen LogP contribution in [0.4, 0.5) is 5.69 Å². The Hall–Kier alpha value is -1.70. The second-order valence-electron chi connectivity index (χ2n) is 5.77. The van der Waals surface area contributed by atoms with Crippen molar-refractivity contribution in [1.82, 2.24) is 14.5 Å². The maximum atomic E-state index is 10.4. The summed E-state index contributed by atoms with van der Waals surface area (Å²) in [6, 6.07) is 1.68. The number of hydrogen-bond acceptors (Lipinski definition) is 6. The molecule has 0 saturated heterocycles. The second kappa shape index (κ2) is 3.69. The first-order valence-electron chi connectivity index (χ1n) is 6.66. The van der Waals surface area contributed by atoms with Crippen LogP contribution in [0, 0.1) is 11.8 Å². The highest BCUT2D eigenvalue weighted by Gasteiger charge is 2.72. The number of anilines is 1. The molecule has 2 aliphatic carbocycles. The lowest BCUT2D eigenvalue weighted by atomic mass is 10.0. The molecule has 0 spiro atoms. The number of imidazole rings is 1. The first-order chi connectivity index (χ1) is 9.61. The van der Waals surface area contributed by atoms with Gasteiger partial charge >= 0.3 is 0 Å². The van der Waals surface area contributed by atoms with E-state index >= 15 is 0 Å². The molecule has 0 aliphatic heterocycles. The molecule has 0 amide bonds. The summed E-state index contributed by atoms with van der Waals surface area (Å²) in [5.41, 5.74) is 7.01. The molecule has 7 nitrogen and oxygen atoms in total. The number of fused-ring (bicyclic) bond motifs is 2. The lowest BCUT2D eigenvalue weighted by molar-refractivity contribution is -0.0272. The molecule has 2 aromatic rings. The van der Waals surface area contributed by atoms with Crippen LogP contribution >= 0.6 is 0 Å². The van der Waals surface area contributed by atoms with Crippen molar-refractivity contribution in [1.29, 1.82) is 0 Å². The molecule has 106 valence electrons. The summed E-state index contributed by atoms with van der Waals surface area (Å²) in [4.78, 5) is 8.56. The fourth-order valence-corrected chi connectivity index (χ4v) is 3.82. The van der Waals surface area contributed by atoms with Crippen LogP contribution < -0.4 is 5.73 Å². The smallest absolute Gasteiger partial charge is 0.162 e. The number of aliphatic hydroxyl groups is 3. The minimum Gasteiger partial charge on any atom is -0.397 e. The Morgan fingerprint density at radius 3 is 2.90 bits per heavy atom. The van der Waals surface area contributed by atoms with Crippen molar-refractivity contribution in [3.8, 4) is 0 Å². The highest BCUT2D eigenvalue weighted by Crippen LogP contribution is 2.64. The minimum atomic E-state index is -0.926. The number of nitrogen functional groups attached to an aromatic ring is 1. The van der Waals surface area contributed by atoms with Gasteiger partial charge in [0.2, 0.25) is 0 Å². The third-order valence-corrected chi connectivity index (χ3v) is 4.95. The van der Waals surface area contributed by atoms with E-state index in [0.29, 0.717) is 23.3 Å².